The number of ether oxygens (including phenoxy) is 1. The van der Waals surface area contributed by atoms with Crippen LogP contribution in [0.1, 0.15) is 19.4 Å². The predicted molar refractivity (Wildman–Crippen MR) is 76.2 cm³/mol. The van der Waals surface area contributed by atoms with E-state index in [0.717, 1.165) is 29.9 Å². The number of hydrogen-bond acceptors (Lipinski definition) is 3. The van der Waals surface area contributed by atoms with Gasteiger partial charge in [0.25, 0.3) is 0 Å². The smallest absolute Gasteiger partial charge is 0.322 e. The third kappa shape index (κ3) is 1.86. The molecule has 0 amide bonds. The van der Waals surface area contributed by atoms with Crippen molar-refractivity contribution in [2.75, 3.05) is 18.0 Å². The molecule has 2 aliphatic rings. The highest BCUT2D eigenvalue weighted by Crippen LogP contribution is 2.41. The first-order valence-electron chi connectivity index (χ1n) is 6.74. The lowest BCUT2D eigenvalue weighted by atomic mass is 9.92. The summed E-state index contributed by atoms with van der Waals surface area (Å²) in [6.45, 7) is 6.12. The normalized spacial score (nSPS) is 19.6. The average Bonchev–Trinajstić information content (AvgIpc) is 2.90. The molecule has 0 bridgehead atoms. The lowest BCUT2D eigenvalue weighted by Crippen LogP contribution is -2.25. The average molecular weight is 255 g/mol. The Labute approximate surface area is 113 Å². The molecule has 1 atom stereocenters. The highest BCUT2D eigenvalue weighted by atomic mass is 16.5. The minimum atomic E-state index is -0.216. The Hall–Kier alpha value is -2.03. The summed E-state index contributed by atoms with van der Waals surface area (Å²) in [6.07, 6.45) is 5.81. The van der Waals surface area contributed by atoms with Crippen LogP contribution in [0.15, 0.2) is 36.4 Å². The van der Waals surface area contributed by atoms with Crippen molar-refractivity contribution in [2.45, 2.75) is 13.8 Å². The van der Waals surface area contributed by atoms with Crippen molar-refractivity contribution >= 4 is 17.2 Å². The Kier molecular flexibility index (Phi) is 2.90. The van der Waals surface area contributed by atoms with Crippen LogP contribution in [0.5, 0.6) is 5.75 Å². The molecule has 1 aliphatic heterocycles. The summed E-state index contributed by atoms with van der Waals surface area (Å²) >= 11 is 0. The fourth-order valence-corrected chi connectivity index (χ4v) is 2.73. The zero-order valence-corrected chi connectivity index (χ0v) is 11.2. The topological polar surface area (TPSA) is 29.5 Å². The Morgan fingerprint density at radius 3 is 2.79 bits per heavy atom. The van der Waals surface area contributed by atoms with Gasteiger partial charge in [-0.25, -0.2) is 0 Å². The molecule has 0 spiro atoms. The van der Waals surface area contributed by atoms with E-state index in [9.17, 15) is 4.79 Å². The third-order valence-electron chi connectivity index (χ3n) is 3.78. The molecule has 0 saturated heterocycles. The van der Waals surface area contributed by atoms with E-state index in [0.29, 0.717) is 5.75 Å². The molecule has 1 aromatic carbocycles. The molecule has 0 aromatic heterocycles. The Morgan fingerprint density at radius 2 is 2.05 bits per heavy atom. The molecule has 0 N–H and O–H groups in total. The van der Waals surface area contributed by atoms with Gasteiger partial charge < -0.3 is 9.64 Å². The standard InChI is InChI=1S/C16H17NO2/c1-3-17(4-2)11-8-9-13-12-6-5-7-14(12)16(18)19-15(13)10-11/h5-10,14H,3-4H2,1-2H3. The minimum Gasteiger partial charge on any atom is -0.425 e. The van der Waals surface area contributed by atoms with Crippen molar-refractivity contribution in [3.05, 3.63) is 42.0 Å². The molecule has 3 rings (SSSR count). The molecule has 0 radical (unpaired) electrons. The van der Waals surface area contributed by atoms with E-state index < -0.39 is 0 Å². The summed E-state index contributed by atoms with van der Waals surface area (Å²) in [5.74, 6) is 0.289. The molecule has 1 unspecified atom stereocenters. The lowest BCUT2D eigenvalue weighted by molar-refractivity contribution is -0.136. The maximum Gasteiger partial charge on any atom is 0.322 e. The number of esters is 1. The Morgan fingerprint density at radius 1 is 1.26 bits per heavy atom. The van der Waals surface area contributed by atoms with Crippen LogP contribution in [0.25, 0.3) is 5.57 Å². The van der Waals surface area contributed by atoms with Crippen molar-refractivity contribution in [1.29, 1.82) is 0 Å². The number of rotatable bonds is 3. The van der Waals surface area contributed by atoms with Gasteiger partial charge in [0.2, 0.25) is 0 Å². The monoisotopic (exact) mass is 255 g/mol. The zero-order chi connectivity index (χ0) is 13.4. The molecule has 3 nitrogen and oxygen atoms in total. The molecule has 19 heavy (non-hydrogen) atoms. The second-order valence-electron chi connectivity index (χ2n) is 4.76. The number of benzene rings is 1. The number of allylic oxidation sites excluding steroid dienone is 2. The molecule has 3 heteroatoms. The van der Waals surface area contributed by atoms with Crippen LogP contribution in [0.4, 0.5) is 5.69 Å². The fraction of sp³-hybridized carbons (Fsp3) is 0.312. The van der Waals surface area contributed by atoms with Gasteiger partial charge in [0.1, 0.15) is 11.7 Å². The SMILES string of the molecule is CCN(CC)c1ccc2c(c1)OC(=O)C1C=CC=C21. The molecule has 1 aromatic rings. The van der Waals surface area contributed by atoms with Gasteiger partial charge >= 0.3 is 5.97 Å². The van der Waals surface area contributed by atoms with Crippen LogP contribution in [0, 0.1) is 5.92 Å². The van der Waals surface area contributed by atoms with Crippen molar-refractivity contribution < 1.29 is 9.53 Å². The first-order valence-corrected chi connectivity index (χ1v) is 6.74. The zero-order valence-electron chi connectivity index (χ0n) is 11.2. The van der Waals surface area contributed by atoms with E-state index in [-0.39, 0.29) is 11.9 Å². The van der Waals surface area contributed by atoms with E-state index in [2.05, 4.69) is 30.9 Å². The summed E-state index contributed by atoms with van der Waals surface area (Å²) < 4.78 is 5.47. The number of fused-ring (bicyclic) bond motifs is 3. The predicted octanol–water partition coefficient (Wildman–Crippen LogP) is 3.02. The molecule has 0 fully saturated rings. The van der Waals surface area contributed by atoms with E-state index in [4.69, 9.17) is 4.74 Å². The molecule has 98 valence electrons. The van der Waals surface area contributed by atoms with Crippen LogP contribution in [-0.2, 0) is 4.79 Å². The van der Waals surface area contributed by atoms with Crippen LogP contribution in [0.3, 0.4) is 0 Å². The summed E-state index contributed by atoms with van der Waals surface area (Å²) in [4.78, 5) is 14.2. The highest BCUT2D eigenvalue weighted by Gasteiger charge is 2.33. The number of anilines is 1. The molecule has 0 saturated carbocycles. The summed E-state index contributed by atoms with van der Waals surface area (Å²) in [5, 5.41) is 0. The largest absolute Gasteiger partial charge is 0.425 e. The van der Waals surface area contributed by atoms with E-state index >= 15 is 0 Å². The van der Waals surface area contributed by atoms with Gasteiger partial charge in [-0.1, -0.05) is 18.2 Å². The number of carbonyl (C=O) groups is 1. The van der Waals surface area contributed by atoms with Gasteiger partial charge in [-0.05, 0) is 31.6 Å². The maximum atomic E-state index is 11.9. The second-order valence-corrected chi connectivity index (χ2v) is 4.76. The van der Waals surface area contributed by atoms with Crippen molar-refractivity contribution in [1.82, 2.24) is 0 Å². The number of nitrogens with zero attached hydrogens (tertiary/aromatic N) is 1. The Balaban J connectivity index is 2.03. The van der Waals surface area contributed by atoms with Gasteiger partial charge in [0.15, 0.2) is 0 Å². The van der Waals surface area contributed by atoms with Crippen LogP contribution < -0.4 is 9.64 Å². The van der Waals surface area contributed by atoms with Gasteiger partial charge in [0, 0.05) is 30.4 Å². The van der Waals surface area contributed by atoms with Crippen molar-refractivity contribution in [2.24, 2.45) is 5.92 Å². The quantitative estimate of drug-likeness (QED) is 0.614. The highest BCUT2D eigenvalue weighted by molar-refractivity contribution is 5.98. The number of carbonyl (C=O) groups excluding carboxylic acids is 1. The van der Waals surface area contributed by atoms with E-state index in [1.807, 2.05) is 24.3 Å². The van der Waals surface area contributed by atoms with Crippen molar-refractivity contribution in [3.63, 3.8) is 0 Å². The lowest BCUT2D eigenvalue weighted by Gasteiger charge is -2.26. The van der Waals surface area contributed by atoms with E-state index in [1.54, 1.807) is 0 Å². The molecule has 1 aliphatic carbocycles. The number of hydrogen-bond donors (Lipinski definition) is 0. The van der Waals surface area contributed by atoms with Crippen molar-refractivity contribution in [3.8, 4) is 5.75 Å². The maximum absolute atomic E-state index is 11.9. The van der Waals surface area contributed by atoms with Gasteiger partial charge in [-0.15, -0.1) is 0 Å². The van der Waals surface area contributed by atoms with Gasteiger partial charge in [-0.2, -0.15) is 0 Å². The summed E-state index contributed by atoms with van der Waals surface area (Å²) in [5.41, 5.74) is 3.18. The Bertz CT molecular complexity index is 582. The molecule has 1 heterocycles. The van der Waals surface area contributed by atoms with Crippen LogP contribution >= 0.6 is 0 Å². The molecular formula is C16H17NO2. The van der Waals surface area contributed by atoms with Crippen LogP contribution in [-0.4, -0.2) is 19.1 Å². The van der Waals surface area contributed by atoms with Gasteiger partial charge in [-0.3, -0.25) is 4.79 Å². The van der Waals surface area contributed by atoms with E-state index in [1.165, 1.54) is 0 Å². The third-order valence-corrected chi connectivity index (χ3v) is 3.78. The first-order chi connectivity index (χ1) is 9.24. The second kappa shape index (κ2) is 4.57. The van der Waals surface area contributed by atoms with Crippen LogP contribution in [0.2, 0.25) is 0 Å². The summed E-state index contributed by atoms with van der Waals surface area (Å²) in [7, 11) is 0. The fourth-order valence-electron chi connectivity index (χ4n) is 2.73. The first kappa shape index (κ1) is 12.0. The summed E-state index contributed by atoms with van der Waals surface area (Å²) in [6, 6.07) is 6.12. The van der Waals surface area contributed by atoms with Gasteiger partial charge in [0.05, 0.1) is 0 Å². The molecular weight excluding hydrogens is 238 g/mol. The minimum absolute atomic E-state index is 0.177.